The normalized spacial score (nSPS) is 17.1. The quantitative estimate of drug-likeness (QED) is 0.697. The van der Waals surface area contributed by atoms with Gasteiger partial charge in [0.2, 0.25) is 5.91 Å². The van der Waals surface area contributed by atoms with E-state index < -0.39 is 0 Å². The van der Waals surface area contributed by atoms with Gasteiger partial charge in [0.25, 0.3) is 0 Å². The maximum atomic E-state index is 12.6. The fourth-order valence-electron chi connectivity index (χ4n) is 3.52. The van der Waals surface area contributed by atoms with Crippen molar-refractivity contribution < 1.29 is 14.3 Å². The van der Waals surface area contributed by atoms with Crippen LogP contribution in [0.15, 0.2) is 30.3 Å². The van der Waals surface area contributed by atoms with Gasteiger partial charge < -0.3 is 10.1 Å². The Morgan fingerprint density at radius 1 is 1.26 bits per heavy atom. The van der Waals surface area contributed by atoms with Crippen molar-refractivity contribution in [2.24, 2.45) is 5.92 Å². The van der Waals surface area contributed by atoms with E-state index in [0.29, 0.717) is 23.1 Å². The fraction of sp³-hybridized carbons (Fsp3) is 0.455. The number of thiophene rings is 1. The van der Waals surface area contributed by atoms with Gasteiger partial charge in [-0.3, -0.25) is 4.79 Å². The lowest BCUT2D eigenvalue weighted by molar-refractivity contribution is -0.119. The van der Waals surface area contributed by atoms with Crippen molar-refractivity contribution >= 4 is 28.2 Å². The number of esters is 1. The largest absolute Gasteiger partial charge is 0.462 e. The molecule has 27 heavy (non-hydrogen) atoms. The van der Waals surface area contributed by atoms with E-state index in [2.05, 4.69) is 29.6 Å². The number of ether oxygens (including phenoxy) is 1. The van der Waals surface area contributed by atoms with Gasteiger partial charge in [-0.2, -0.15) is 0 Å². The molecular weight excluding hydrogens is 358 g/mol. The molecule has 1 aliphatic carbocycles. The first-order valence-electron chi connectivity index (χ1n) is 9.72. The molecule has 0 spiro atoms. The molecule has 0 saturated heterocycles. The predicted molar refractivity (Wildman–Crippen MR) is 110 cm³/mol. The fourth-order valence-corrected chi connectivity index (χ4v) is 4.84. The van der Waals surface area contributed by atoms with Gasteiger partial charge >= 0.3 is 5.97 Å². The van der Waals surface area contributed by atoms with Crippen LogP contribution in [-0.4, -0.2) is 18.5 Å². The molecule has 0 radical (unpaired) electrons. The van der Waals surface area contributed by atoms with Gasteiger partial charge in [-0.15, -0.1) is 11.3 Å². The molecule has 1 aromatic carbocycles. The molecule has 2 unspecified atom stereocenters. The van der Waals surface area contributed by atoms with Crippen molar-refractivity contribution in [1.29, 1.82) is 0 Å². The highest BCUT2D eigenvalue weighted by Crippen LogP contribution is 2.43. The lowest BCUT2D eigenvalue weighted by Crippen LogP contribution is -2.21. The number of carbonyl (C=O) groups excluding carboxylic acids is 2. The van der Waals surface area contributed by atoms with Crippen LogP contribution in [0.2, 0.25) is 0 Å². The zero-order valence-electron chi connectivity index (χ0n) is 16.2. The Labute approximate surface area is 164 Å². The first-order valence-corrected chi connectivity index (χ1v) is 10.5. The molecule has 1 aliphatic rings. The number of nitrogens with one attached hydrogen (secondary N) is 1. The molecule has 3 rings (SSSR count). The highest BCUT2D eigenvalue weighted by molar-refractivity contribution is 7.17. The molecule has 0 fully saturated rings. The topological polar surface area (TPSA) is 55.4 Å². The molecule has 1 amide bonds. The van der Waals surface area contributed by atoms with E-state index in [1.165, 1.54) is 21.8 Å². The number of anilines is 1. The lowest BCUT2D eigenvalue weighted by Gasteiger charge is -2.23. The van der Waals surface area contributed by atoms with Crippen LogP contribution in [0.4, 0.5) is 5.00 Å². The Hall–Kier alpha value is -2.14. The molecule has 1 aromatic heterocycles. The lowest BCUT2D eigenvalue weighted by atomic mass is 9.83. The van der Waals surface area contributed by atoms with Gasteiger partial charge in [0, 0.05) is 10.8 Å². The Bertz CT molecular complexity index is 812. The molecule has 0 aliphatic heterocycles. The van der Waals surface area contributed by atoms with Gasteiger partial charge in [-0.25, -0.2) is 4.79 Å². The van der Waals surface area contributed by atoms with Crippen molar-refractivity contribution in [3.05, 3.63) is 51.9 Å². The molecule has 1 heterocycles. The first-order chi connectivity index (χ1) is 13.0. The average Bonchev–Trinajstić information content (AvgIpc) is 3.05. The van der Waals surface area contributed by atoms with Crippen LogP contribution in [0.5, 0.6) is 0 Å². The predicted octanol–water partition coefficient (Wildman–Crippen LogP) is 5.18. The van der Waals surface area contributed by atoms with E-state index in [4.69, 9.17) is 4.74 Å². The molecule has 1 N–H and O–H groups in total. The van der Waals surface area contributed by atoms with E-state index in [9.17, 15) is 9.59 Å². The zero-order chi connectivity index (χ0) is 19.4. The van der Waals surface area contributed by atoms with Crippen molar-refractivity contribution in [3.8, 4) is 0 Å². The summed E-state index contributed by atoms with van der Waals surface area (Å²) in [5, 5.41) is 3.64. The summed E-state index contributed by atoms with van der Waals surface area (Å²) in [6.45, 7) is 6.02. The third-order valence-electron chi connectivity index (χ3n) is 5.31. The maximum absolute atomic E-state index is 12.6. The Balaban J connectivity index is 1.92. The molecule has 2 aromatic rings. The monoisotopic (exact) mass is 385 g/mol. The summed E-state index contributed by atoms with van der Waals surface area (Å²) in [4.78, 5) is 26.2. The van der Waals surface area contributed by atoms with Gasteiger partial charge in [0.1, 0.15) is 5.00 Å². The number of amides is 1. The van der Waals surface area contributed by atoms with Gasteiger partial charge in [0.15, 0.2) is 0 Å². The van der Waals surface area contributed by atoms with E-state index in [0.717, 1.165) is 31.2 Å². The van der Waals surface area contributed by atoms with E-state index in [-0.39, 0.29) is 17.8 Å². The van der Waals surface area contributed by atoms with Crippen LogP contribution in [0.1, 0.15) is 65.9 Å². The standard InChI is InChI=1S/C22H27NO3S/c1-4-14(3)20(24)23-21-19(22(25)26-5-2)17-12-11-16(13-18(17)27-21)15-9-7-6-8-10-15/h6-10,14,16H,4-5,11-13H2,1-3H3,(H,23,24). The van der Waals surface area contributed by atoms with Crippen LogP contribution in [0.3, 0.4) is 0 Å². The Kier molecular flexibility index (Phi) is 6.32. The van der Waals surface area contributed by atoms with Crippen LogP contribution in [-0.2, 0) is 22.4 Å². The first kappa shape index (κ1) is 19.6. The molecule has 2 atom stereocenters. The summed E-state index contributed by atoms with van der Waals surface area (Å²) in [7, 11) is 0. The van der Waals surface area contributed by atoms with E-state index in [1.54, 1.807) is 6.92 Å². The molecule has 5 heteroatoms. The van der Waals surface area contributed by atoms with Crippen molar-refractivity contribution in [2.75, 3.05) is 11.9 Å². The van der Waals surface area contributed by atoms with Crippen LogP contribution >= 0.6 is 11.3 Å². The molecule has 0 saturated carbocycles. The minimum atomic E-state index is -0.326. The summed E-state index contributed by atoms with van der Waals surface area (Å²) < 4.78 is 5.29. The highest BCUT2D eigenvalue weighted by atomic mass is 32.1. The summed E-state index contributed by atoms with van der Waals surface area (Å²) in [5.74, 6) is -0.00405. The number of benzene rings is 1. The molecule has 4 nitrogen and oxygen atoms in total. The number of hydrogen-bond donors (Lipinski definition) is 1. The van der Waals surface area contributed by atoms with Crippen LogP contribution in [0, 0.1) is 5.92 Å². The molecular formula is C22H27NO3S. The van der Waals surface area contributed by atoms with Crippen LogP contribution < -0.4 is 5.32 Å². The second-order valence-corrected chi connectivity index (χ2v) is 8.18. The number of fused-ring (bicyclic) bond motifs is 1. The summed E-state index contributed by atoms with van der Waals surface area (Å²) >= 11 is 1.54. The van der Waals surface area contributed by atoms with Crippen LogP contribution in [0.25, 0.3) is 0 Å². The van der Waals surface area contributed by atoms with Gasteiger partial charge in [-0.05, 0) is 49.7 Å². The maximum Gasteiger partial charge on any atom is 0.341 e. The van der Waals surface area contributed by atoms with Crippen molar-refractivity contribution in [1.82, 2.24) is 0 Å². The van der Waals surface area contributed by atoms with Crippen molar-refractivity contribution in [3.63, 3.8) is 0 Å². The number of carbonyl (C=O) groups is 2. The number of hydrogen-bond acceptors (Lipinski definition) is 4. The SMILES string of the molecule is CCOC(=O)c1c(NC(=O)C(C)CC)sc2c1CCC(c1ccccc1)C2. The minimum Gasteiger partial charge on any atom is -0.462 e. The van der Waals surface area contributed by atoms with Gasteiger partial charge in [-0.1, -0.05) is 44.2 Å². The van der Waals surface area contributed by atoms with Crippen molar-refractivity contribution in [2.45, 2.75) is 52.4 Å². The Morgan fingerprint density at radius 2 is 2.00 bits per heavy atom. The summed E-state index contributed by atoms with van der Waals surface area (Å²) in [6.07, 6.45) is 3.50. The Morgan fingerprint density at radius 3 is 2.67 bits per heavy atom. The second kappa shape index (κ2) is 8.70. The summed E-state index contributed by atoms with van der Waals surface area (Å²) in [6, 6.07) is 10.5. The van der Waals surface area contributed by atoms with Gasteiger partial charge in [0.05, 0.1) is 12.2 Å². The molecule has 144 valence electrons. The van der Waals surface area contributed by atoms with E-state index >= 15 is 0 Å². The third-order valence-corrected chi connectivity index (χ3v) is 6.48. The number of rotatable bonds is 6. The van der Waals surface area contributed by atoms with E-state index in [1.807, 2.05) is 19.9 Å². The second-order valence-electron chi connectivity index (χ2n) is 7.08. The zero-order valence-corrected chi connectivity index (χ0v) is 17.0. The smallest absolute Gasteiger partial charge is 0.341 e. The summed E-state index contributed by atoms with van der Waals surface area (Å²) in [5.41, 5.74) is 2.96. The highest BCUT2D eigenvalue weighted by Gasteiger charge is 2.31. The minimum absolute atomic E-state index is 0.0405. The molecule has 0 bridgehead atoms. The third kappa shape index (κ3) is 4.24. The average molecular weight is 386 g/mol.